The number of carbonyl (C=O) groups is 1. The van der Waals surface area contributed by atoms with Crippen LogP contribution in [-0.4, -0.2) is 25.7 Å². The minimum Gasteiger partial charge on any atom is -0.454 e. The molecule has 1 amide bonds. The summed E-state index contributed by atoms with van der Waals surface area (Å²) in [6.45, 7) is 5.41. The van der Waals surface area contributed by atoms with E-state index in [4.69, 9.17) is 9.47 Å². The summed E-state index contributed by atoms with van der Waals surface area (Å²) in [5.41, 5.74) is 2.93. The third-order valence-electron chi connectivity index (χ3n) is 4.83. The van der Waals surface area contributed by atoms with Gasteiger partial charge in [-0.15, -0.1) is 0 Å². The smallest absolute Gasteiger partial charge is 0.231 e. The van der Waals surface area contributed by atoms with Gasteiger partial charge in [0.15, 0.2) is 17.5 Å². The molecule has 0 saturated carbocycles. The van der Waals surface area contributed by atoms with E-state index in [0.717, 1.165) is 34.7 Å². The number of benzene rings is 2. The molecule has 0 aromatic heterocycles. The minimum absolute atomic E-state index is 0.00371. The van der Waals surface area contributed by atoms with E-state index in [0.29, 0.717) is 19.0 Å². The zero-order chi connectivity index (χ0) is 20.6. The van der Waals surface area contributed by atoms with Gasteiger partial charge < -0.3 is 25.4 Å². The summed E-state index contributed by atoms with van der Waals surface area (Å²) in [6, 6.07) is 13.7. The maximum atomic E-state index is 12.1. The first-order chi connectivity index (χ1) is 14.1. The van der Waals surface area contributed by atoms with Gasteiger partial charge in [0.05, 0.1) is 0 Å². The number of aliphatic imine (C=N–C) groups is 1. The van der Waals surface area contributed by atoms with Gasteiger partial charge in [0.2, 0.25) is 12.7 Å². The summed E-state index contributed by atoms with van der Waals surface area (Å²) < 4.78 is 10.7. The van der Waals surface area contributed by atoms with Crippen LogP contribution in [0.15, 0.2) is 47.5 Å². The van der Waals surface area contributed by atoms with Crippen molar-refractivity contribution in [1.29, 1.82) is 0 Å². The molecule has 7 nitrogen and oxygen atoms in total. The molecule has 1 unspecified atom stereocenters. The maximum absolute atomic E-state index is 12.1. The van der Waals surface area contributed by atoms with E-state index in [1.807, 2.05) is 56.3 Å². The highest BCUT2D eigenvalue weighted by Crippen LogP contribution is 2.32. The number of hydrogen-bond donors (Lipinski definition) is 3. The summed E-state index contributed by atoms with van der Waals surface area (Å²) in [4.78, 5) is 16.3. The topological polar surface area (TPSA) is 84.0 Å². The Balaban J connectivity index is 1.51. The Bertz CT molecular complexity index is 882. The van der Waals surface area contributed by atoms with Gasteiger partial charge in [-0.1, -0.05) is 32.0 Å². The molecule has 3 N–H and O–H groups in total. The van der Waals surface area contributed by atoms with Gasteiger partial charge in [0, 0.05) is 31.7 Å². The van der Waals surface area contributed by atoms with Gasteiger partial charge >= 0.3 is 0 Å². The van der Waals surface area contributed by atoms with E-state index in [1.165, 1.54) is 0 Å². The molecule has 0 radical (unpaired) electrons. The number of nitrogens with one attached hydrogen (secondary N) is 3. The molecule has 3 rings (SSSR count). The Morgan fingerprint density at radius 2 is 1.79 bits per heavy atom. The summed E-state index contributed by atoms with van der Waals surface area (Å²) in [6.07, 6.45) is 0.818. The summed E-state index contributed by atoms with van der Waals surface area (Å²) in [7, 11) is 1.73. The lowest BCUT2D eigenvalue weighted by atomic mass is 10.1. The highest BCUT2D eigenvalue weighted by atomic mass is 16.7. The minimum atomic E-state index is -0.00371. The second-order valence-electron chi connectivity index (χ2n) is 6.97. The Labute approximate surface area is 171 Å². The van der Waals surface area contributed by atoms with Crippen LogP contribution in [0.2, 0.25) is 0 Å². The van der Waals surface area contributed by atoms with Crippen molar-refractivity contribution in [2.45, 2.75) is 33.4 Å². The number of fused-ring (bicyclic) bond motifs is 1. The van der Waals surface area contributed by atoms with Gasteiger partial charge in [-0.3, -0.25) is 9.79 Å². The summed E-state index contributed by atoms with van der Waals surface area (Å²) >= 11 is 0. The number of carbonyl (C=O) groups excluding carboxylic acids is 1. The molecule has 1 atom stereocenters. The van der Waals surface area contributed by atoms with Crippen LogP contribution in [0.25, 0.3) is 0 Å². The molecule has 154 valence electrons. The SMILES string of the molecule is CCC(C)C(=O)Nc1cccc(CNC(=NC)NCc2ccc3c(c2)OCO3)c1. The normalized spacial score (nSPS) is 13.7. The van der Waals surface area contributed by atoms with Crippen LogP contribution in [0.3, 0.4) is 0 Å². The maximum Gasteiger partial charge on any atom is 0.231 e. The Hall–Kier alpha value is -3.22. The Morgan fingerprint density at radius 3 is 2.52 bits per heavy atom. The van der Waals surface area contributed by atoms with Gasteiger partial charge in [-0.2, -0.15) is 0 Å². The average Bonchev–Trinajstić information content (AvgIpc) is 3.21. The number of hydrogen-bond acceptors (Lipinski definition) is 4. The number of ether oxygens (including phenoxy) is 2. The fourth-order valence-corrected chi connectivity index (χ4v) is 2.85. The van der Waals surface area contributed by atoms with E-state index < -0.39 is 0 Å². The molecular weight excluding hydrogens is 368 g/mol. The van der Waals surface area contributed by atoms with Crippen molar-refractivity contribution in [1.82, 2.24) is 10.6 Å². The van der Waals surface area contributed by atoms with Crippen molar-refractivity contribution < 1.29 is 14.3 Å². The van der Waals surface area contributed by atoms with Crippen molar-refractivity contribution in [3.05, 3.63) is 53.6 Å². The number of amides is 1. The van der Waals surface area contributed by atoms with E-state index in [-0.39, 0.29) is 18.6 Å². The highest BCUT2D eigenvalue weighted by Gasteiger charge is 2.13. The molecule has 0 aliphatic carbocycles. The van der Waals surface area contributed by atoms with Crippen molar-refractivity contribution in [2.24, 2.45) is 10.9 Å². The fraction of sp³-hybridized carbons (Fsp3) is 0.364. The number of nitrogens with zero attached hydrogens (tertiary/aromatic N) is 1. The molecular formula is C22H28N4O3. The molecule has 1 heterocycles. The first kappa shape index (κ1) is 20.5. The predicted molar refractivity (Wildman–Crippen MR) is 114 cm³/mol. The van der Waals surface area contributed by atoms with Crippen molar-refractivity contribution in [3.8, 4) is 11.5 Å². The van der Waals surface area contributed by atoms with Gasteiger partial charge in [0.25, 0.3) is 0 Å². The van der Waals surface area contributed by atoms with Gasteiger partial charge in [-0.05, 0) is 41.8 Å². The first-order valence-corrected chi connectivity index (χ1v) is 9.82. The quantitative estimate of drug-likeness (QED) is 0.494. The van der Waals surface area contributed by atoms with Crippen LogP contribution < -0.4 is 25.4 Å². The van der Waals surface area contributed by atoms with E-state index in [1.54, 1.807) is 7.05 Å². The second-order valence-corrected chi connectivity index (χ2v) is 6.97. The monoisotopic (exact) mass is 396 g/mol. The molecule has 1 aliphatic heterocycles. The van der Waals surface area contributed by atoms with E-state index in [9.17, 15) is 4.79 Å². The molecule has 0 spiro atoms. The lowest BCUT2D eigenvalue weighted by Gasteiger charge is -2.14. The van der Waals surface area contributed by atoms with Gasteiger partial charge in [0.1, 0.15) is 0 Å². The molecule has 2 aromatic carbocycles. The highest BCUT2D eigenvalue weighted by molar-refractivity contribution is 5.92. The molecule has 0 saturated heterocycles. The standard InChI is InChI=1S/C22H28N4O3/c1-4-15(2)21(27)26-18-7-5-6-16(10-18)12-24-22(23-3)25-13-17-8-9-19-20(11-17)29-14-28-19/h5-11,15H,4,12-14H2,1-3H3,(H,26,27)(H2,23,24,25). The Kier molecular flexibility index (Phi) is 6.94. The molecule has 1 aliphatic rings. The Morgan fingerprint density at radius 1 is 1.07 bits per heavy atom. The van der Waals surface area contributed by atoms with Gasteiger partial charge in [-0.25, -0.2) is 0 Å². The largest absolute Gasteiger partial charge is 0.454 e. The lowest BCUT2D eigenvalue weighted by Crippen LogP contribution is -2.36. The van der Waals surface area contributed by atoms with Crippen molar-refractivity contribution in [2.75, 3.05) is 19.2 Å². The average molecular weight is 396 g/mol. The molecule has 0 bridgehead atoms. The zero-order valence-electron chi connectivity index (χ0n) is 17.1. The third-order valence-corrected chi connectivity index (χ3v) is 4.83. The van der Waals surface area contributed by atoms with Crippen molar-refractivity contribution >= 4 is 17.6 Å². The van der Waals surface area contributed by atoms with E-state index in [2.05, 4.69) is 20.9 Å². The number of rotatable bonds is 7. The van der Waals surface area contributed by atoms with E-state index >= 15 is 0 Å². The van der Waals surface area contributed by atoms with Crippen LogP contribution in [0.1, 0.15) is 31.4 Å². The molecule has 29 heavy (non-hydrogen) atoms. The van der Waals surface area contributed by atoms with Crippen LogP contribution >= 0.6 is 0 Å². The summed E-state index contributed by atoms with van der Waals surface area (Å²) in [5, 5.41) is 9.55. The van der Waals surface area contributed by atoms with Crippen molar-refractivity contribution in [3.63, 3.8) is 0 Å². The summed E-state index contributed by atoms with van der Waals surface area (Å²) in [5.74, 6) is 2.27. The van der Waals surface area contributed by atoms with Crippen LogP contribution in [0.4, 0.5) is 5.69 Å². The number of anilines is 1. The molecule has 2 aromatic rings. The van der Waals surface area contributed by atoms with Crippen LogP contribution in [-0.2, 0) is 17.9 Å². The van der Waals surface area contributed by atoms with Crippen LogP contribution in [0.5, 0.6) is 11.5 Å². The zero-order valence-corrected chi connectivity index (χ0v) is 17.1. The fourth-order valence-electron chi connectivity index (χ4n) is 2.85. The predicted octanol–water partition coefficient (Wildman–Crippen LogP) is 3.27. The first-order valence-electron chi connectivity index (χ1n) is 9.82. The molecule has 0 fully saturated rings. The third kappa shape index (κ3) is 5.63. The van der Waals surface area contributed by atoms with Crippen LogP contribution in [0, 0.1) is 5.92 Å². The molecule has 7 heteroatoms. The number of guanidine groups is 1. The second kappa shape index (κ2) is 9.82. The lowest BCUT2D eigenvalue weighted by molar-refractivity contribution is -0.119.